The van der Waals surface area contributed by atoms with E-state index < -0.39 is 0 Å². The molecule has 0 saturated heterocycles. The van der Waals surface area contributed by atoms with Gasteiger partial charge in [0.1, 0.15) is 17.6 Å². The molecule has 0 saturated carbocycles. The molecule has 158 valence electrons. The summed E-state index contributed by atoms with van der Waals surface area (Å²) in [6.45, 7) is 5.00. The first-order valence-electron chi connectivity index (χ1n) is 9.88. The Labute approximate surface area is 178 Å². The van der Waals surface area contributed by atoms with Crippen molar-refractivity contribution in [3.8, 4) is 23.1 Å². The molecule has 1 aliphatic rings. The summed E-state index contributed by atoms with van der Waals surface area (Å²) in [5.41, 5.74) is 7.55. The van der Waals surface area contributed by atoms with Crippen molar-refractivity contribution in [3.63, 3.8) is 0 Å². The normalized spacial score (nSPS) is 15.1. The largest absolute Gasteiger partial charge is 0.494 e. The van der Waals surface area contributed by atoms with Crippen LogP contribution in [0.3, 0.4) is 0 Å². The summed E-state index contributed by atoms with van der Waals surface area (Å²) in [6, 6.07) is 7.72. The highest BCUT2D eigenvalue weighted by Crippen LogP contribution is 2.38. The van der Waals surface area contributed by atoms with Crippen LogP contribution in [0.5, 0.6) is 11.5 Å². The van der Waals surface area contributed by atoms with E-state index in [1.54, 1.807) is 12.3 Å². The summed E-state index contributed by atoms with van der Waals surface area (Å²) in [5.74, 6) is 3.17. The number of thioether (sulfide) groups is 1. The van der Waals surface area contributed by atoms with E-state index in [9.17, 15) is 4.79 Å². The summed E-state index contributed by atoms with van der Waals surface area (Å²) in [7, 11) is 0. The molecule has 0 aliphatic carbocycles. The molecule has 9 heteroatoms. The van der Waals surface area contributed by atoms with E-state index in [2.05, 4.69) is 23.2 Å². The number of hydrogen-bond acceptors (Lipinski definition) is 7. The molecule has 1 amide bonds. The van der Waals surface area contributed by atoms with Crippen molar-refractivity contribution < 1.29 is 18.7 Å². The molecule has 3 heterocycles. The summed E-state index contributed by atoms with van der Waals surface area (Å²) in [4.78, 5) is 11.3. The first-order valence-corrected chi connectivity index (χ1v) is 10.9. The van der Waals surface area contributed by atoms with E-state index in [0.717, 1.165) is 23.5 Å². The molecule has 3 aromatic rings. The van der Waals surface area contributed by atoms with Gasteiger partial charge in [-0.25, -0.2) is 0 Å². The lowest BCUT2D eigenvalue weighted by Crippen LogP contribution is -2.15. The lowest BCUT2D eigenvalue weighted by molar-refractivity contribution is -0.118. The predicted molar refractivity (Wildman–Crippen MR) is 113 cm³/mol. The van der Waals surface area contributed by atoms with Gasteiger partial charge >= 0.3 is 0 Å². The van der Waals surface area contributed by atoms with Crippen molar-refractivity contribution >= 4 is 17.7 Å². The first kappa shape index (κ1) is 20.3. The van der Waals surface area contributed by atoms with Gasteiger partial charge in [0, 0.05) is 36.3 Å². The molecule has 30 heavy (non-hydrogen) atoms. The average Bonchev–Trinajstić information content (AvgIpc) is 3.43. The highest BCUT2D eigenvalue weighted by Gasteiger charge is 2.23. The van der Waals surface area contributed by atoms with Gasteiger partial charge in [0.25, 0.3) is 0 Å². The Hall–Kier alpha value is -2.94. The highest BCUT2D eigenvalue weighted by molar-refractivity contribution is 7.98. The van der Waals surface area contributed by atoms with Crippen LogP contribution in [0.2, 0.25) is 0 Å². The number of aromatic nitrogens is 3. The van der Waals surface area contributed by atoms with Crippen LogP contribution in [-0.2, 0) is 23.5 Å². The van der Waals surface area contributed by atoms with Crippen LogP contribution >= 0.6 is 11.8 Å². The van der Waals surface area contributed by atoms with Gasteiger partial charge in [-0.15, -0.1) is 10.2 Å². The van der Waals surface area contributed by atoms with E-state index in [1.807, 2.05) is 23.6 Å². The van der Waals surface area contributed by atoms with E-state index in [4.69, 9.17) is 19.6 Å². The van der Waals surface area contributed by atoms with Crippen molar-refractivity contribution in [3.05, 3.63) is 41.7 Å². The Morgan fingerprint density at radius 3 is 3.00 bits per heavy atom. The van der Waals surface area contributed by atoms with Crippen LogP contribution in [-0.4, -0.2) is 33.4 Å². The maximum absolute atomic E-state index is 11.3. The van der Waals surface area contributed by atoms with E-state index in [-0.39, 0.29) is 18.4 Å². The van der Waals surface area contributed by atoms with Gasteiger partial charge in [0.05, 0.1) is 12.9 Å². The molecule has 2 N–H and O–H groups in total. The summed E-state index contributed by atoms with van der Waals surface area (Å²) >= 11 is 1.52. The van der Waals surface area contributed by atoms with Gasteiger partial charge in [-0.1, -0.05) is 11.8 Å². The number of benzene rings is 1. The molecular weight excluding hydrogens is 404 g/mol. The third-order valence-corrected chi connectivity index (χ3v) is 5.79. The molecule has 1 atom stereocenters. The first-order chi connectivity index (χ1) is 14.5. The maximum Gasteiger partial charge on any atom is 0.219 e. The Balaban J connectivity index is 1.59. The smallest absolute Gasteiger partial charge is 0.219 e. The minimum absolute atomic E-state index is 0.171. The average molecular weight is 429 g/mol. The van der Waals surface area contributed by atoms with Crippen LogP contribution in [0.15, 0.2) is 40.1 Å². The van der Waals surface area contributed by atoms with Crippen LogP contribution in [0.4, 0.5) is 0 Å². The fourth-order valence-corrected chi connectivity index (χ4v) is 4.38. The quantitative estimate of drug-likeness (QED) is 0.521. The molecule has 0 spiro atoms. The summed E-state index contributed by atoms with van der Waals surface area (Å²) in [6.07, 6.45) is 2.82. The Kier molecular flexibility index (Phi) is 5.98. The monoisotopic (exact) mass is 428 g/mol. The number of nitrogens with zero attached hydrogens (tertiary/aromatic N) is 3. The number of nitrogens with two attached hydrogens (primary N) is 1. The van der Waals surface area contributed by atoms with Crippen molar-refractivity contribution in [2.45, 2.75) is 50.2 Å². The lowest BCUT2D eigenvalue weighted by atomic mass is 10.1. The van der Waals surface area contributed by atoms with E-state index in [0.29, 0.717) is 35.6 Å². The van der Waals surface area contributed by atoms with Crippen LogP contribution in [0.1, 0.15) is 31.4 Å². The van der Waals surface area contributed by atoms with Gasteiger partial charge < -0.3 is 19.6 Å². The Morgan fingerprint density at radius 1 is 1.40 bits per heavy atom. The number of fused-ring (bicyclic) bond motifs is 1. The van der Waals surface area contributed by atoms with Crippen LogP contribution in [0, 0.1) is 0 Å². The summed E-state index contributed by atoms with van der Waals surface area (Å²) in [5, 5.41) is 9.26. The van der Waals surface area contributed by atoms with Gasteiger partial charge in [-0.3, -0.25) is 9.36 Å². The molecular formula is C21H24N4O4S. The van der Waals surface area contributed by atoms with E-state index >= 15 is 0 Å². The number of furan rings is 1. The predicted octanol–water partition coefficient (Wildman–Crippen LogP) is 3.43. The second-order valence-corrected chi connectivity index (χ2v) is 8.02. The molecule has 2 aromatic heterocycles. The molecule has 4 rings (SSSR count). The fraction of sp³-hybridized carbons (Fsp3) is 0.381. The van der Waals surface area contributed by atoms with Crippen LogP contribution < -0.4 is 15.2 Å². The molecule has 1 unspecified atom stereocenters. The second-order valence-electron chi connectivity index (χ2n) is 7.07. The number of hydrogen-bond donors (Lipinski definition) is 1. The number of rotatable bonds is 9. The molecule has 0 bridgehead atoms. The van der Waals surface area contributed by atoms with Crippen molar-refractivity contribution in [1.29, 1.82) is 0 Å². The molecule has 8 nitrogen and oxygen atoms in total. The zero-order valence-corrected chi connectivity index (χ0v) is 17.8. The number of carbonyl (C=O) groups is 1. The second kappa shape index (κ2) is 8.83. The zero-order chi connectivity index (χ0) is 21.1. The third kappa shape index (κ3) is 4.30. The molecule has 0 radical (unpaired) electrons. The summed E-state index contributed by atoms with van der Waals surface area (Å²) < 4.78 is 19.1. The van der Waals surface area contributed by atoms with Gasteiger partial charge in [0.15, 0.2) is 16.7 Å². The van der Waals surface area contributed by atoms with Crippen molar-refractivity contribution in [2.75, 3.05) is 6.61 Å². The zero-order valence-electron chi connectivity index (χ0n) is 17.0. The van der Waals surface area contributed by atoms with E-state index in [1.165, 1.54) is 17.3 Å². The van der Waals surface area contributed by atoms with Gasteiger partial charge in [-0.05, 0) is 38.1 Å². The van der Waals surface area contributed by atoms with Crippen molar-refractivity contribution in [1.82, 2.24) is 14.8 Å². The Morgan fingerprint density at radius 2 is 2.27 bits per heavy atom. The minimum Gasteiger partial charge on any atom is -0.494 e. The molecule has 1 aliphatic heterocycles. The fourth-order valence-electron chi connectivity index (χ4n) is 3.43. The topological polar surface area (TPSA) is 105 Å². The maximum atomic E-state index is 11.3. The number of primary amides is 1. The van der Waals surface area contributed by atoms with Crippen LogP contribution in [0.25, 0.3) is 11.6 Å². The SMILES string of the molecule is CCOc1cc2c(cc1CSc1nnc(-c3ccco3)n1CCC(N)=O)OC(C)C2. The lowest BCUT2D eigenvalue weighted by Gasteiger charge is -2.13. The third-order valence-electron chi connectivity index (χ3n) is 4.78. The standard InChI is InChI=1S/C21H24N4O4S/c1-3-27-17-10-14-9-13(2)29-18(14)11-15(17)12-30-21-24-23-20(16-5-4-8-28-16)25(21)7-6-19(22)26/h4-5,8,10-11,13H,3,6-7,9,12H2,1-2H3,(H2,22,26). The Bertz CT molecular complexity index is 1030. The van der Waals surface area contributed by atoms with Crippen molar-refractivity contribution in [2.24, 2.45) is 5.73 Å². The molecule has 0 fully saturated rings. The number of amides is 1. The van der Waals surface area contributed by atoms with Gasteiger partial charge in [0.2, 0.25) is 5.91 Å². The number of carbonyl (C=O) groups excluding carboxylic acids is 1. The molecule has 1 aromatic carbocycles. The number of ether oxygens (including phenoxy) is 2. The minimum atomic E-state index is -0.381. The van der Waals surface area contributed by atoms with Gasteiger partial charge in [-0.2, -0.15) is 0 Å². The highest BCUT2D eigenvalue weighted by atomic mass is 32.2.